The SMILES string of the molecule is COC1(CNC(C)C(=O)NCc2ccco2)CCC1. The van der Waals surface area contributed by atoms with Gasteiger partial charge in [0.25, 0.3) is 0 Å². The Balaban J connectivity index is 1.70. The topological polar surface area (TPSA) is 63.5 Å². The molecule has 1 amide bonds. The molecule has 0 bridgehead atoms. The maximum absolute atomic E-state index is 11.9. The third-order valence-electron chi connectivity index (χ3n) is 3.84. The van der Waals surface area contributed by atoms with Crippen LogP contribution >= 0.6 is 0 Å². The summed E-state index contributed by atoms with van der Waals surface area (Å²) in [6.45, 7) is 3.01. The molecule has 106 valence electrons. The number of amides is 1. The number of methoxy groups -OCH3 is 1. The fourth-order valence-corrected chi connectivity index (χ4v) is 2.20. The number of rotatable bonds is 7. The molecule has 1 fully saturated rings. The number of hydrogen-bond donors (Lipinski definition) is 2. The molecule has 0 aromatic carbocycles. The van der Waals surface area contributed by atoms with Crippen LogP contribution in [0.5, 0.6) is 0 Å². The number of furan rings is 1. The normalized spacial score (nSPS) is 18.6. The van der Waals surface area contributed by atoms with Crippen LogP contribution in [0.4, 0.5) is 0 Å². The fraction of sp³-hybridized carbons (Fsp3) is 0.643. The van der Waals surface area contributed by atoms with Crippen molar-refractivity contribution in [2.45, 2.75) is 44.4 Å². The summed E-state index contributed by atoms with van der Waals surface area (Å²) in [5, 5.41) is 6.08. The highest BCUT2D eigenvalue weighted by Gasteiger charge is 2.37. The first-order valence-electron chi connectivity index (χ1n) is 6.74. The summed E-state index contributed by atoms with van der Waals surface area (Å²) in [6, 6.07) is 3.41. The molecule has 1 aliphatic carbocycles. The Labute approximate surface area is 113 Å². The molecule has 1 unspecified atom stereocenters. The van der Waals surface area contributed by atoms with Gasteiger partial charge < -0.3 is 19.8 Å². The van der Waals surface area contributed by atoms with Gasteiger partial charge in [-0.1, -0.05) is 0 Å². The van der Waals surface area contributed by atoms with Crippen LogP contribution in [0.15, 0.2) is 22.8 Å². The van der Waals surface area contributed by atoms with E-state index in [-0.39, 0.29) is 17.6 Å². The Morgan fingerprint density at radius 1 is 1.58 bits per heavy atom. The van der Waals surface area contributed by atoms with Crippen molar-refractivity contribution >= 4 is 5.91 Å². The minimum Gasteiger partial charge on any atom is -0.467 e. The van der Waals surface area contributed by atoms with E-state index in [1.165, 1.54) is 6.42 Å². The summed E-state index contributed by atoms with van der Waals surface area (Å²) < 4.78 is 10.7. The molecule has 0 radical (unpaired) electrons. The molecule has 1 atom stereocenters. The second kappa shape index (κ2) is 6.21. The van der Waals surface area contributed by atoms with Crippen LogP contribution in [0.1, 0.15) is 31.9 Å². The monoisotopic (exact) mass is 266 g/mol. The number of nitrogens with one attached hydrogen (secondary N) is 2. The van der Waals surface area contributed by atoms with Crippen molar-refractivity contribution in [3.8, 4) is 0 Å². The molecule has 0 spiro atoms. The number of carbonyl (C=O) groups excluding carboxylic acids is 1. The van der Waals surface area contributed by atoms with Gasteiger partial charge in [0, 0.05) is 13.7 Å². The molecular formula is C14H22N2O3. The highest BCUT2D eigenvalue weighted by Crippen LogP contribution is 2.34. The lowest BCUT2D eigenvalue weighted by molar-refractivity contribution is -0.123. The van der Waals surface area contributed by atoms with E-state index in [1.54, 1.807) is 13.4 Å². The van der Waals surface area contributed by atoms with Crippen molar-refractivity contribution in [1.29, 1.82) is 0 Å². The Morgan fingerprint density at radius 2 is 2.37 bits per heavy atom. The minimum atomic E-state index is -0.234. The molecule has 1 aromatic heterocycles. The average molecular weight is 266 g/mol. The third kappa shape index (κ3) is 3.58. The Kier molecular flexibility index (Phi) is 4.61. The second-order valence-corrected chi connectivity index (χ2v) is 5.14. The Hall–Kier alpha value is -1.33. The molecular weight excluding hydrogens is 244 g/mol. The van der Waals surface area contributed by atoms with Crippen molar-refractivity contribution in [3.63, 3.8) is 0 Å². The van der Waals surface area contributed by atoms with E-state index in [0.29, 0.717) is 6.54 Å². The molecule has 2 N–H and O–H groups in total. The highest BCUT2D eigenvalue weighted by molar-refractivity contribution is 5.81. The van der Waals surface area contributed by atoms with Crippen LogP contribution in [0.25, 0.3) is 0 Å². The van der Waals surface area contributed by atoms with Crippen molar-refractivity contribution in [2.75, 3.05) is 13.7 Å². The quantitative estimate of drug-likeness (QED) is 0.784. The van der Waals surface area contributed by atoms with Crippen LogP contribution in [-0.2, 0) is 16.1 Å². The van der Waals surface area contributed by atoms with E-state index >= 15 is 0 Å². The Morgan fingerprint density at radius 3 is 2.89 bits per heavy atom. The molecule has 19 heavy (non-hydrogen) atoms. The van der Waals surface area contributed by atoms with Crippen LogP contribution < -0.4 is 10.6 Å². The summed E-state index contributed by atoms with van der Waals surface area (Å²) in [7, 11) is 1.74. The zero-order chi connectivity index (χ0) is 13.7. The molecule has 1 heterocycles. The summed E-state index contributed by atoms with van der Waals surface area (Å²) >= 11 is 0. The third-order valence-corrected chi connectivity index (χ3v) is 3.84. The van der Waals surface area contributed by atoms with E-state index in [9.17, 15) is 4.79 Å². The molecule has 5 heteroatoms. The van der Waals surface area contributed by atoms with Crippen LogP contribution in [0, 0.1) is 0 Å². The van der Waals surface area contributed by atoms with Gasteiger partial charge in [-0.3, -0.25) is 4.79 Å². The molecule has 1 saturated carbocycles. The van der Waals surface area contributed by atoms with Gasteiger partial charge in [0.15, 0.2) is 0 Å². The van der Waals surface area contributed by atoms with E-state index in [2.05, 4.69) is 10.6 Å². The number of carbonyl (C=O) groups is 1. The first kappa shape index (κ1) is 14.1. The van der Waals surface area contributed by atoms with Gasteiger partial charge in [-0.2, -0.15) is 0 Å². The second-order valence-electron chi connectivity index (χ2n) is 5.14. The van der Waals surface area contributed by atoms with Crippen molar-refractivity contribution in [2.24, 2.45) is 0 Å². The van der Waals surface area contributed by atoms with Crippen LogP contribution in [0.2, 0.25) is 0 Å². The maximum Gasteiger partial charge on any atom is 0.237 e. The van der Waals surface area contributed by atoms with Gasteiger partial charge in [0.1, 0.15) is 5.76 Å². The fourth-order valence-electron chi connectivity index (χ4n) is 2.20. The first-order chi connectivity index (χ1) is 9.15. The van der Waals surface area contributed by atoms with Gasteiger partial charge in [-0.25, -0.2) is 0 Å². The number of ether oxygens (including phenoxy) is 1. The molecule has 0 aliphatic heterocycles. The molecule has 5 nitrogen and oxygen atoms in total. The van der Waals surface area contributed by atoms with Gasteiger partial charge >= 0.3 is 0 Å². The van der Waals surface area contributed by atoms with Crippen molar-refractivity contribution < 1.29 is 13.9 Å². The van der Waals surface area contributed by atoms with Gasteiger partial charge in [-0.15, -0.1) is 0 Å². The highest BCUT2D eigenvalue weighted by atomic mass is 16.5. The summed E-state index contributed by atoms with van der Waals surface area (Å²) in [4.78, 5) is 11.9. The van der Waals surface area contributed by atoms with E-state index in [4.69, 9.17) is 9.15 Å². The van der Waals surface area contributed by atoms with E-state index < -0.39 is 0 Å². The molecule has 1 aliphatic rings. The predicted molar refractivity (Wildman–Crippen MR) is 71.6 cm³/mol. The largest absolute Gasteiger partial charge is 0.467 e. The van der Waals surface area contributed by atoms with E-state index in [1.807, 2.05) is 19.1 Å². The van der Waals surface area contributed by atoms with Gasteiger partial charge in [0.05, 0.1) is 24.5 Å². The smallest absolute Gasteiger partial charge is 0.237 e. The average Bonchev–Trinajstić information content (AvgIpc) is 2.88. The molecule has 2 rings (SSSR count). The number of hydrogen-bond acceptors (Lipinski definition) is 4. The first-order valence-corrected chi connectivity index (χ1v) is 6.74. The molecule has 0 saturated heterocycles. The van der Waals surface area contributed by atoms with Crippen LogP contribution in [0.3, 0.4) is 0 Å². The zero-order valence-corrected chi connectivity index (χ0v) is 11.6. The minimum absolute atomic E-state index is 0.0259. The van der Waals surface area contributed by atoms with Crippen LogP contribution in [-0.4, -0.2) is 31.2 Å². The van der Waals surface area contributed by atoms with E-state index in [0.717, 1.165) is 25.1 Å². The lowest BCUT2D eigenvalue weighted by Crippen LogP contribution is -2.52. The lowest BCUT2D eigenvalue weighted by Gasteiger charge is -2.41. The van der Waals surface area contributed by atoms with Crippen molar-refractivity contribution in [1.82, 2.24) is 10.6 Å². The summed E-state index contributed by atoms with van der Waals surface area (Å²) in [6.07, 6.45) is 4.94. The van der Waals surface area contributed by atoms with Crippen molar-refractivity contribution in [3.05, 3.63) is 24.2 Å². The molecule has 1 aromatic rings. The predicted octanol–water partition coefficient (Wildman–Crippen LogP) is 1.44. The van der Waals surface area contributed by atoms with Gasteiger partial charge in [-0.05, 0) is 38.3 Å². The maximum atomic E-state index is 11.9. The summed E-state index contributed by atoms with van der Waals surface area (Å²) in [5.41, 5.74) is -0.0600. The summed E-state index contributed by atoms with van der Waals surface area (Å²) in [5.74, 6) is 0.731. The van der Waals surface area contributed by atoms with Gasteiger partial charge in [0.2, 0.25) is 5.91 Å². The lowest BCUT2D eigenvalue weighted by atomic mass is 9.80. The zero-order valence-electron chi connectivity index (χ0n) is 11.6. The standard InChI is InChI=1S/C14H22N2O3/c1-11(16-10-14(18-2)6-4-7-14)13(17)15-9-12-5-3-8-19-12/h3,5,8,11,16H,4,6-7,9-10H2,1-2H3,(H,15,17). The Bertz CT molecular complexity index is 393.